The summed E-state index contributed by atoms with van der Waals surface area (Å²) in [5, 5.41) is 0. The molecule has 0 saturated heterocycles. The summed E-state index contributed by atoms with van der Waals surface area (Å²) in [5.74, 6) is 1.54. The average molecular weight is 266 g/mol. The molecule has 0 aliphatic heterocycles. The smallest absolute Gasteiger partial charge is 0.184 e. The third kappa shape index (κ3) is 2.17. The van der Waals surface area contributed by atoms with E-state index in [2.05, 4.69) is 4.98 Å². The number of thiazole rings is 1. The van der Waals surface area contributed by atoms with E-state index in [1.165, 1.54) is 17.7 Å². The van der Waals surface area contributed by atoms with E-state index in [1.54, 1.807) is 18.4 Å². The Labute approximate surface area is 109 Å². The van der Waals surface area contributed by atoms with Gasteiger partial charge in [0.25, 0.3) is 0 Å². The summed E-state index contributed by atoms with van der Waals surface area (Å²) in [7, 11) is 1.67. The Morgan fingerprint density at radius 3 is 2.59 bits per heavy atom. The second-order valence-corrected chi connectivity index (χ2v) is 5.80. The van der Waals surface area contributed by atoms with E-state index < -0.39 is 0 Å². The van der Waals surface area contributed by atoms with Crippen molar-refractivity contribution in [2.45, 2.75) is 18.8 Å². The molecule has 1 saturated carbocycles. The van der Waals surface area contributed by atoms with Crippen molar-refractivity contribution in [2.75, 3.05) is 7.11 Å². The first-order valence-electron chi connectivity index (χ1n) is 5.58. The van der Waals surface area contributed by atoms with E-state index in [0.717, 1.165) is 17.0 Å². The second kappa shape index (κ2) is 4.31. The van der Waals surface area contributed by atoms with Crippen LogP contribution in [-0.4, -0.2) is 12.1 Å². The van der Waals surface area contributed by atoms with Crippen LogP contribution in [-0.2, 0) is 0 Å². The lowest BCUT2D eigenvalue weighted by atomic mass is 10.1. The van der Waals surface area contributed by atoms with Crippen molar-refractivity contribution in [3.05, 3.63) is 33.6 Å². The summed E-state index contributed by atoms with van der Waals surface area (Å²) >= 11 is 7.64. The molecule has 1 aromatic carbocycles. The zero-order chi connectivity index (χ0) is 11.8. The van der Waals surface area contributed by atoms with E-state index in [9.17, 15) is 0 Å². The molecule has 3 rings (SSSR count). The fraction of sp³-hybridized carbons (Fsp3) is 0.308. The van der Waals surface area contributed by atoms with Crippen molar-refractivity contribution in [1.82, 2.24) is 4.98 Å². The van der Waals surface area contributed by atoms with Gasteiger partial charge in [-0.25, -0.2) is 4.98 Å². The van der Waals surface area contributed by atoms with E-state index in [0.29, 0.717) is 10.4 Å². The van der Waals surface area contributed by atoms with Crippen molar-refractivity contribution in [2.24, 2.45) is 0 Å². The molecular weight excluding hydrogens is 254 g/mol. The topological polar surface area (TPSA) is 22.1 Å². The van der Waals surface area contributed by atoms with Gasteiger partial charge in [0.1, 0.15) is 5.75 Å². The van der Waals surface area contributed by atoms with Crippen molar-refractivity contribution >= 4 is 22.9 Å². The van der Waals surface area contributed by atoms with Crippen LogP contribution in [0.25, 0.3) is 11.3 Å². The molecule has 0 spiro atoms. The fourth-order valence-electron chi connectivity index (χ4n) is 1.88. The molecule has 0 bridgehead atoms. The molecule has 0 radical (unpaired) electrons. The first-order valence-corrected chi connectivity index (χ1v) is 6.78. The highest BCUT2D eigenvalue weighted by molar-refractivity contribution is 7.16. The highest BCUT2D eigenvalue weighted by Crippen LogP contribution is 2.48. The number of hydrogen-bond donors (Lipinski definition) is 0. The minimum Gasteiger partial charge on any atom is -0.497 e. The van der Waals surface area contributed by atoms with Crippen LogP contribution in [0, 0.1) is 0 Å². The largest absolute Gasteiger partial charge is 0.497 e. The highest BCUT2D eigenvalue weighted by atomic mass is 35.5. The number of nitrogens with zero attached hydrogens (tertiary/aromatic N) is 1. The number of halogens is 1. The normalized spacial score (nSPS) is 14.9. The van der Waals surface area contributed by atoms with Gasteiger partial charge in [-0.15, -0.1) is 11.3 Å². The van der Waals surface area contributed by atoms with Gasteiger partial charge in [0.15, 0.2) is 4.47 Å². The third-order valence-corrected chi connectivity index (χ3v) is 4.26. The van der Waals surface area contributed by atoms with Crippen molar-refractivity contribution in [3.63, 3.8) is 0 Å². The van der Waals surface area contributed by atoms with Gasteiger partial charge >= 0.3 is 0 Å². The van der Waals surface area contributed by atoms with Crippen molar-refractivity contribution in [1.29, 1.82) is 0 Å². The van der Waals surface area contributed by atoms with Crippen LogP contribution in [0.5, 0.6) is 5.75 Å². The predicted molar refractivity (Wildman–Crippen MR) is 71.1 cm³/mol. The van der Waals surface area contributed by atoms with Gasteiger partial charge in [0.05, 0.1) is 12.8 Å². The maximum Gasteiger partial charge on any atom is 0.184 e. The lowest BCUT2D eigenvalue weighted by molar-refractivity contribution is 0.415. The summed E-state index contributed by atoms with van der Waals surface area (Å²) < 4.78 is 5.79. The molecule has 1 aliphatic rings. The summed E-state index contributed by atoms with van der Waals surface area (Å²) in [6.45, 7) is 0. The number of rotatable bonds is 3. The maximum absolute atomic E-state index is 6.03. The minimum absolute atomic E-state index is 0.637. The quantitative estimate of drug-likeness (QED) is 0.823. The highest BCUT2D eigenvalue weighted by Gasteiger charge is 2.29. The number of hydrogen-bond acceptors (Lipinski definition) is 3. The Morgan fingerprint density at radius 1 is 1.29 bits per heavy atom. The van der Waals surface area contributed by atoms with Gasteiger partial charge in [-0.2, -0.15) is 0 Å². The molecule has 1 aliphatic carbocycles. The molecule has 1 aromatic heterocycles. The lowest BCUT2D eigenvalue weighted by Crippen LogP contribution is -1.85. The Balaban J connectivity index is 2.01. The van der Waals surface area contributed by atoms with Crippen LogP contribution in [0.2, 0.25) is 4.47 Å². The Hall–Kier alpha value is -1.06. The number of benzene rings is 1. The number of aromatic nitrogens is 1. The van der Waals surface area contributed by atoms with Crippen LogP contribution in [0.1, 0.15) is 23.6 Å². The van der Waals surface area contributed by atoms with Crippen LogP contribution in [0.15, 0.2) is 24.3 Å². The van der Waals surface area contributed by atoms with Gasteiger partial charge in [-0.1, -0.05) is 11.6 Å². The Kier molecular flexibility index (Phi) is 2.81. The summed E-state index contributed by atoms with van der Waals surface area (Å²) in [5.41, 5.74) is 2.17. The van der Waals surface area contributed by atoms with Gasteiger partial charge in [0.2, 0.25) is 0 Å². The Bertz CT molecular complexity index is 531. The SMILES string of the molecule is COc1ccc(-c2nc(Cl)sc2C2CC2)cc1. The van der Waals surface area contributed by atoms with Gasteiger partial charge in [-0.3, -0.25) is 0 Å². The molecule has 1 fully saturated rings. The molecule has 0 unspecified atom stereocenters. The Morgan fingerprint density at radius 2 is 2.00 bits per heavy atom. The number of ether oxygens (including phenoxy) is 1. The third-order valence-electron chi connectivity index (χ3n) is 2.94. The fourth-order valence-corrected chi connectivity index (χ4v) is 3.20. The molecule has 88 valence electrons. The average Bonchev–Trinajstić information content (AvgIpc) is 3.13. The molecule has 1 heterocycles. The van der Waals surface area contributed by atoms with Crippen LogP contribution < -0.4 is 4.74 Å². The molecule has 17 heavy (non-hydrogen) atoms. The molecular formula is C13H12ClNOS. The number of methoxy groups -OCH3 is 1. The van der Waals surface area contributed by atoms with Gasteiger partial charge < -0.3 is 4.74 Å². The molecule has 0 amide bonds. The standard InChI is InChI=1S/C13H12ClNOS/c1-16-10-6-4-8(5-7-10)11-12(9-2-3-9)17-13(14)15-11/h4-7,9H,2-3H2,1H3. The van der Waals surface area contributed by atoms with Crippen LogP contribution >= 0.6 is 22.9 Å². The monoisotopic (exact) mass is 265 g/mol. The predicted octanol–water partition coefficient (Wildman–Crippen LogP) is 4.35. The second-order valence-electron chi connectivity index (χ2n) is 4.18. The first-order chi connectivity index (χ1) is 8.28. The van der Waals surface area contributed by atoms with E-state index in [1.807, 2.05) is 24.3 Å². The van der Waals surface area contributed by atoms with Gasteiger partial charge in [0, 0.05) is 10.4 Å². The zero-order valence-electron chi connectivity index (χ0n) is 9.44. The summed E-state index contributed by atoms with van der Waals surface area (Å²) in [6, 6.07) is 7.99. The molecule has 2 aromatic rings. The maximum atomic E-state index is 6.03. The first kappa shape index (κ1) is 11.1. The van der Waals surface area contributed by atoms with E-state index in [4.69, 9.17) is 16.3 Å². The van der Waals surface area contributed by atoms with E-state index in [-0.39, 0.29) is 0 Å². The molecule has 0 N–H and O–H groups in total. The van der Waals surface area contributed by atoms with Crippen molar-refractivity contribution < 1.29 is 4.74 Å². The minimum atomic E-state index is 0.637. The van der Waals surface area contributed by atoms with E-state index >= 15 is 0 Å². The molecule has 2 nitrogen and oxygen atoms in total. The molecule has 4 heteroatoms. The lowest BCUT2D eigenvalue weighted by Gasteiger charge is -2.03. The van der Waals surface area contributed by atoms with Gasteiger partial charge in [-0.05, 0) is 43.0 Å². The van der Waals surface area contributed by atoms with Crippen LogP contribution in [0.3, 0.4) is 0 Å². The van der Waals surface area contributed by atoms with Crippen LogP contribution in [0.4, 0.5) is 0 Å². The zero-order valence-corrected chi connectivity index (χ0v) is 11.0. The summed E-state index contributed by atoms with van der Waals surface area (Å²) in [6.07, 6.45) is 2.53. The van der Waals surface area contributed by atoms with Crippen molar-refractivity contribution in [3.8, 4) is 17.0 Å². The summed E-state index contributed by atoms with van der Waals surface area (Å²) in [4.78, 5) is 5.77. The molecule has 0 atom stereocenters.